The van der Waals surface area contributed by atoms with E-state index in [4.69, 9.17) is 29.9 Å². The topological polar surface area (TPSA) is 109 Å². The molecule has 0 radical (unpaired) electrons. The molecule has 6 heterocycles. The van der Waals surface area contributed by atoms with Gasteiger partial charge in [-0.2, -0.15) is 11.3 Å². The maximum absolute atomic E-state index is 5.02. The summed E-state index contributed by atoms with van der Waals surface area (Å²) in [7, 11) is 0. The number of H-pyrrole nitrogens is 2. The molecule has 9 heteroatoms. The largest absolute Gasteiger partial charge is 0.324 e. The van der Waals surface area contributed by atoms with Crippen LogP contribution in [0.1, 0.15) is 0 Å². The number of aromatic nitrogens is 8. The molecule has 2 aliphatic rings. The lowest BCUT2D eigenvalue weighted by molar-refractivity contribution is 1.19. The summed E-state index contributed by atoms with van der Waals surface area (Å²) in [6, 6.07) is 36.3. The number of benzene rings is 4. The van der Waals surface area contributed by atoms with Crippen molar-refractivity contribution in [1.82, 2.24) is 39.9 Å². The Bertz CT molecular complexity index is 2230. The third kappa shape index (κ3) is 4.29. The van der Waals surface area contributed by atoms with Crippen LogP contribution in [-0.4, -0.2) is 39.9 Å². The van der Waals surface area contributed by atoms with Crippen molar-refractivity contribution in [2.75, 3.05) is 0 Å². The van der Waals surface area contributed by atoms with E-state index in [1.807, 2.05) is 120 Å². The predicted molar refractivity (Wildman–Crippen MR) is 180 cm³/mol. The van der Waals surface area contributed by atoms with Gasteiger partial charge in [0.25, 0.3) is 0 Å². The minimum atomic E-state index is 0.597. The zero-order valence-electron chi connectivity index (χ0n) is 23.6. The van der Waals surface area contributed by atoms with Crippen LogP contribution in [-0.2, 0) is 0 Å². The van der Waals surface area contributed by atoms with E-state index in [1.54, 1.807) is 11.3 Å². The second kappa shape index (κ2) is 10.3. The second-order valence-electron chi connectivity index (χ2n) is 10.6. The molecule has 2 N–H and O–H groups in total. The van der Waals surface area contributed by atoms with Crippen molar-refractivity contribution >= 4 is 55.5 Å². The van der Waals surface area contributed by atoms with Crippen molar-refractivity contribution in [1.29, 1.82) is 0 Å². The minimum absolute atomic E-state index is 0.597. The highest BCUT2D eigenvalue weighted by molar-refractivity contribution is 7.07. The van der Waals surface area contributed by atoms with Crippen molar-refractivity contribution in [3.8, 4) is 45.6 Å². The molecule has 0 saturated carbocycles. The summed E-state index contributed by atoms with van der Waals surface area (Å²) in [5.74, 6) is 2.39. The average Bonchev–Trinajstić information content (AvgIpc) is 3.93. The Hall–Kier alpha value is -6.06. The van der Waals surface area contributed by atoms with Gasteiger partial charge in [-0.15, -0.1) is 0 Å². The Morgan fingerprint density at radius 2 is 0.622 bits per heavy atom. The molecule has 0 saturated heterocycles. The van der Waals surface area contributed by atoms with Crippen LogP contribution in [0, 0.1) is 0 Å². The number of rotatable bonds is 0. The number of aromatic amines is 2. The first-order valence-electron chi connectivity index (χ1n) is 14.5. The first-order chi connectivity index (χ1) is 22.3. The van der Waals surface area contributed by atoms with E-state index in [0.717, 1.165) is 43.8 Å². The first kappa shape index (κ1) is 25.4. The van der Waals surface area contributed by atoms with Gasteiger partial charge in [0.1, 0.15) is 22.6 Å². The number of hydrogen-bond donors (Lipinski definition) is 2. The SMILES string of the molecule is c1ccc2c(c1)-c1nc-2nc2[nH]c(nc3nc(nc4[nH]c(n1)c1ccccc41)-c1ccccc1-3)c1ccccc21.c1ccsc1. The average molecular weight is 599 g/mol. The lowest BCUT2D eigenvalue weighted by atomic mass is 10.1. The summed E-state index contributed by atoms with van der Waals surface area (Å²) in [6.07, 6.45) is 0. The molecule has 45 heavy (non-hydrogen) atoms. The molecule has 8 nitrogen and oxygen atoms in total. The van der Waals surface area contributed by atoms with Crippen LogP contribution in [0.5, 0.6) is 0 Å². The summed E-state index contributed by atoms with van der Waals surface area (Å²) in [6.45, 7) is 0. The molecule has 0 unspecified atom stereocenters. The van der Waals surface area contributed by atoms with Crippen molar-refractivity contribution in [2.45, 2.75) is 0 Å². The maximum atomic E-state index is 5.02. The van der Waals surface area contributed by atoms with Gasteiger partial charge >= 0.3 is 0 Å². The molecule has 0 amide bonds. The quantitative estimate of drug-likeness (QED) is 0.181. The fourth-order valence-electron chi connectivity index (χ4n) is 5.82. The summed E-state index contributed by atoms with van der Waals surface area (Å²) >= 11 is 1.71. The van der Waals surface area contributed by atoms with Gasteiger partial charge in [0.15, 0.2) is 23.3 Å². The molecule has 4 aromatic heterocycles. The van der Waals surface area contributed by atoms with E-state index >= 15 is 0 Å². The first-order valence-corrected chi connectivity index (χ1v) is 15.4. The van der Waals surface area contributed by atoms with Crippen molar-refractivity contribution < 1.29 is 0 Å². The highest BCUT2D eigenvalue weighted by atomic mass is 32.1. The molecule has 0 spiro atoms. The number of nitrogens with zero attached hydrogens (tertiary/aromatic N) is 6. The van der Waals surface area contributed by atoms with Crippen LogP contribution >= 0.6 is 11.3 Å². The van der Waals surface area contributed by atoms with Crippen molar-refractivity contribution in [2.24, 2.45) is 0 Å². The molecule has 10 rings (SSSR count). The van der Waals surface area contributed by atoms with Crippen LogP contribution in [0.15, 0.2) is 120 Å². The Balaban J connectivity index is 0.000000515. The van der Waals surface area contributed by atoms with Crippen LogP contribution in [0.2, 0.25) is 0 Å². The Kier molecular flexibility index (Phi) is 5.82. The van der Waals surface area contributed by atoms with E-state index in [0.29, 0.717) is 45.9 Å². The molecule has 0 atom stereocenters. The van der Waals surface area contributed by atoms with Crippen LogP contribution in [0.4, 0.5) is 0 Å². The van der Waals surface area contributed by atoms with E-state index in [-0.39, 0.29) is 0 Å². The molecule has 0 aliphatic carbocycles. The summed E-state index contributed by atoms with van der Waals surface area (Å²) in [5, 5.41) is 7.90. The Labute approximate surface area is 260 Å². The van der Waals surface area contributed by atoms with Gasteiger partial charge in [0, 0.05) is 43.8 Å². The fourth-order valence-corrected chi connectivity index (χ4v) is 6.27. The maximum Gasteiger partial charge on any atom is 0.164 e. The zero-order valence-corrected chi connectivity index (χ0v) is 24.5. The molecular weight excluding hydrogens is 577 g/mol. The van der Waals surface area contributed by atoms with Gasteiger partial charge in [-0.3, -0.25) is 0 Å². The lowest BCUT2D eigenvalue weighted by Crippen LogP contribution is -1.82. The molecular formula is C36H22N8S. The minimum Gasteiger partial charge on any atom is -0.324 e. The number of nitrogens with one attached hydrogen (secondary N) is 2. The highest BCUT2D eigenvalue weighted by Gasteiger charge is 2.21. The number of fused-ring (bicyclic) bond motifs is 20. The molecule has 8 aromatic rings. The highest BCUT2D eigenvalue weighted by Crippen LogP contribution is 2.36. The molecule has 212 valence electrons. The van der Waals surface area contributed by atoms with E-state index in [9.17, 15) is 0 Å². The van der Waals surface area contributed by atoms with E-state index in [1.165, 1.54) is 0 Å². The number of hydrogen-bond acceptors (Lipinski definition) is 7. The third-order valence-electron chi connectivity index (χ3n) is 7.89. The molecule has 4 aromatic carbocycles. The van der Waals surface area contributed by atoms with Crippen molar-refractivity contribution in [3.63, 3.8) is 0 Å². The lowest BCUT2D eigenvalue weighted by Gasteiger charge is -1.96. The zero-order chi connectivity index (χ0) is 29.7. The van der Waals surface area contributed by atoms with Crippen LogP contribution in [0.3, 0.4) is 0 Å². The summed E-state index contributed by atoms with van der Waals surface area (Å²) in [4.78, 5) is 36.8. The smallest absolute Gasteiger partial charge is 0.164 e. The number of thiophene rings is 1. The molecule has 0 fully saturated rings. The third-order valence-corrected chi connectivity index (χ3v) is 8.51. The Morgan fingerprint density at radius 3 is 0.889 bits per heavy atom. The van der Waals surface area contributed by atoms with Crippen LogP contribution < -0.4 is 0 Å². The van der Waals surface area contributed by atoms with E-state index < -0.39 is 0 Å². The van der Waals surface area contributed by atoms with Gasteiger partial charge < -0.3 is 9.97 Å². The standard InChI is InChI=1S/C32H18N8.C4H4S/c1-2-10-18-17(9-1)25-33-26(18)38-28-21-13-5-6-14-22(21)30(35-28)40-32-24-16-8-7-15-23(24)31(36-32)39-29-20-12-4-3-11-19(20)27(34-29)37-25;1-2-4-5-3-1/h1-16H,(H2,33,34,35,36,37,38,39,40);1-4H. The Morgan fingerprint density at radius 1 is 0.333 bits per heavy atom. The monoisotopic (exact) mass is 598 g/mol. The van der Waals surface area contributed by atoms with Gasteiger partial charge in [-0.1, -0.05) is 109 Å². The van der Waals surface area contributed by atoms with Gasteiger partial charge in [0.05, 0.1) is 0 Å². The normalized spacial score (nSPS) is 11.6. The molecule has 2 aliphatic heterocycles. The van der Waals surface area contributed by atoms with Gasteiger partial charge in [-0.25, -0.2) is 29.9 Å². The van der Waals surface area contributed by atoms with Crippen molar-refractivity contribution in [3.05, 3.63) is 120 Å². The van der Waals surface area contributed by atoms with Gasteiger partial charge in [0.2, 0.25) is 0 Å². The summed E-state index contributed by atoms with van der Waals surface area (Å²) in [5.41, 5.74) is 6.45. The van der Waals surface area contributed by atoms with E-state index in [2.05, 4.69) is 9.97 Å². The fraction of sp³-hybridized carbons (Fsp3) is 0. The summed E-state index contributed by atoms with van der Waals surface area (Å²) < 4.78 is 0. The van der Waals surface area contributed by atoms with Gasteiger partial charge in [-0.05, 0) is 10.8 Å². The second-order valence-corrected chi connectivity index (χ2v) is 11.4. The molecule has 8 bridgehead atoms. The predicted octanol–water partition coefficient (Wildman–Crippen LogP) is 8.62. The van der Waals surface area contributed by atoms with Crippen LogP contribution in [0.25, 0.3) is 89.7 Å².